The maximum atomic E-state index is 6.21. The molecule has 5 rings (SSSR count). The molecular weight excluding hydrogens is 274 g/mol. The van der Waals surface area contributed by atoms with Crippen LogP contribution in [0.1, 0.15) is 48.6 Å². The molecule has 0 radical (unpaired) electrons. The Balaban J connectivity index is 1.36. The molecule has 3 saturated carbocycles. The summed E-state index contributed by atoms with van der Waals surface area (Å²) in [6, 6.07) is 3.67. The lowest BCUT2D eigenvalue weighted by atomic mass is 9.93. The molecule has 19 heavy (non-hydrogen) atoms. The van der Waals surface area contributed by atoms with Crippen molar-refractivity contribution in [1.82, 2.24) is 5.32 Å². The van der Waals surface area contributed by atoms with E-state index in [4.69, 9.17) is 11.6 Å². The van der Waals surface area contributed by atoms with E-state index in [1.165, 1.54) is 37.7 Å². The number of aryl methyl sites for hydroxylation is 1. The highest BCUT2D eigenvalue weighted by Crippen LogP contribution is 2.66. The lowest BCUT2D eigenvalue weighted by molar-refractivity contribution is 0.394. The fourth-order valence-corrected chi connectivity index (χ4v) is 6.86. The van der Waals surface area contributed by atoms with E-state index < -0.39 is 0 Å². The van der Waals surface area contributed by atoms with Crippen molar-refractivity contribution < 1.29 is 0 Å². The summed E-state index contributed by atoms with van der Waals surface area (Å²) in [6.07, 6.45) is 8.47. The van der Waals surface area contributed by atoms with Gasteiger partial charge in [0.25, 0.3) is 0 Å². The molecule has 0 saturated heterocycles. The minimum atomic E-state index is 0.600. The monoisotopic (exact) mass is 293 g/mol. The Morgan fingerprint density at radius 3 is 2.74 bits per heavy atom. The highest BCUT2D eigenvalue weighted by molar-refractivity contribution is 7.16. The van der Waals surface area contributed by atoms with Crippen LogP contribution in [0.25, 0.3) is 0 Å². The molecular formula is C16H20ClNS. The van der Waals surface area contributed by atoms with Crippen LogP contribution < -0.4 is 5.32 Å². The van der Waals surface area contributed by atoms with E-state index in [9.17, 15) is 0 Å². The van der Waals surface area contributed by atoms with Crippen LogP contribution in [0.2, 0.25) is 4.34 Å². The summed E-state index contributed by atoms with van der Waals surface area (Å²) in [5.41, 5.74) is 1.53. The standard InChI is InChI=1S/C16H20ClNS/c17-13-7-10-11(2-1-3-12(10)19-13)18-16-14-8-4-5-9(6-8)15(14)16/h7-9,11,14-16,18H,1-6H2. The zero-order chi connectivity index (χ0) is 12.6. The van der Waals surface area contributed by atoms with Crippen molar-refractivity contribution in [2.75, 3.05) is 0 Å². The molecule has 1 nitrogen and oxygen atoms in total. The molecule has 1 N–H and O–H groups in total. The zero-order valence-electron chi connectivity index (χ0n) is 11.1. The first-order valence-corrected chi connectivity index (χ1v) is 9.05. The predicted octanol–water partition coefficient (Wildman–Crippen LogP) is 4.41. The van der Waals surface area contributed by atoms with Gasteiger partial charge in [-0.3, -0.25) is 0 Å². The number of hydrogen-bond acceptors (Lipinski definition) is 2. The highest BCUT2D eigenvalue weighted by atomic mass is 35.5. The summed E-state index contributed by atoms with van der Waals surface area (Å²) in [5, 5.41) is 4.01. The van der Waals surface area contributed by atoms with E-state index in [0.717, 1.165) is 34.0 Å². The number of fused-ring (bicyclic) bond motifs is 6. The van der Waals surface area contributed by atoms with Gasteiger partial charge in [-0.05, 0) is 73.8 Å². The van der Waals surface area contributed by atoms with Gasteiger partial charge in [0.1, 0.15) is 0 Å². The molecule has 0 amide bonds. The first-order chi connectivity index (χ1) is 9.31. The number of halogens is 1. The summed E-state index contributed by atoms with van der Waals surface area (Å²) in [4.78, 5) is 1.54. The van der Waals surface area contributed by atoms with Gasteiger partial charge in [-0.1, -0.05) is 11.6 Å². The van der Waals surface area contributed by atoms with Crippen molar-refractivity contribution in [2.45, 2.75) is 50.6 Å². The largest absolute Gasteiger partial charge is 0.307 e. The third-order valence-corrected chi connectivity index (χ3v) is 7.55. The Labute approximate surface area is 123 Å². The van der Waals surface area contributed by atoms with Crippen molar-refractivity contribution in [2.24, 2.45) is 23.7 Å². The van der Waals surface area contributed by atoms with Gasteiger partial charge in [0.2, 0.25) is 0 Å². The lowest BCUT2D eigenvalue weighted by Crippen LogP contribution is -2.29. The van der Waals surface area contributed by atoms with E-state index in [1.54, 1.807) is 22.6 Å². The SMILES string of the molecule is Clc1cc2c(s1)CCCC2NC1C2C3CCC(C3)C12. The van der Waals surface area contributed by atoms with Crippen molar-refractivity contribution in [3.05, 3.63) is 20.8 Å². The quantitative estimate of drug-likeness (QED) is 0.851. The third kappa shape index (κ3) is 1.63. The van der Waals surface area contributed by atoms with Crippen LogP contribution in [-0.2, 0) is 6.42 Å². The molecule has 102 valence electrons. The van der Waals surface area contributed by atoms with Crippen LogP contribution in [-0.4, -0.2) is 6.04 Å². The smallest absolute Gasteiger partial charge is 0.0934 e. The molecule has 1 heterocycles. The molecule has 4 aliphatic rings. The average molecular weight is 294 g/mol. The molecule has 0 spiro atoms. The molecule has 1 aromatic heterocycles. The summed E-state index contributed by atoms with van der Waals surface area (Å²) in [7, 11) is 0. The van der Waals surface area contributed by atoms with Crippen LogP contribution in [0, 0.1) is 23.7 Å². The number of nitrogens with one attached hydrogen (secondary N) is 1. The summed E-state index contributed by atoms with van der Waals surface area (Å²) in [6.45, 7) is 0. The van der Waals surface area contributed by atoms with Crippen molar-refractivity contribution in [3.8, 4) is 0 Å². The Bertz CT molecular complexity index is 509. The molecule has 2 bridgehead atoms. The summed E-state index contributed by atoms with van der Waals surface area (Å²) >= 11 is 8.01. The maximum Gasteiger partial charge on any atom is 0.0934 e. The second kappa shape index (κ2) is 3.99. The number of thiophene rings is 1. The van der Waals surface area contributed by atoms with E-state index in [1.807, 2.05) is 0 Å². The van der Waals surface area contributed by atoms with Crippen LogP contribution in [0.4, 0.5) is 0 Å². The normalized spacial score (nSPS) is 46.2. The molecule has 0 aliphatic heterocycles. The van der Waals surface area contributed by atoms with Gasteiger partial charge < -0.3 is 5.32 Å². The maximum absolute atomic E-state index is 6.21. The van der Waals surface area contributed by atoms with Gasteiger partial charge in [0, 0.05) is 17.0 Å². The summed E-state index contributed by atoms with van der Waals surface area (Å²) in [5.74, 6) is 4.22. The highest BCUT2D eigenvalue weighted by Gasteiger charge is 2.65. The molecule has 4 aliphatic carbocycles. The van der Waals surface area contributed by atoms with Gasteiger partial charge in [-0.2, -0.15) is 0 Å². The Morgan fingerprint density at radius 2 is 1.95 bits per heavy atom. The van der Waals surface area contributed by atoms with E-state index in [0.29, 0.717) is 6.04 Å². The predicted molar refractivity (Wildman–Crippen MR) is 79.7 cm³/mol. The Hall–Kier alpha value is -0.0500. The third-order valence-electron chi connectivity index (χ3n) is 6.21. The zero-order valence-corrected chi connectivity index (χ0v) is 12.6. The number of rotatable bonds is 2. The van der Waals surface area contributed by atoms with Crippen LogP contribution in [0.3, 0.4) is 0 Å². The summed E-state index contributed by atoms with van der Waals surface area (Å²) < 4.78 is 0.981. The van der Waals surface area contributed by atoms with Crippen molar-refractivity contribution in [1.29, 1.82) is 0 Å². The first-order valence-electron chi connectivity index (χ1n) is 7.85. The van der Waals surface area contributed by atoms with Crippen molar-refractivity contribution >= 4 is 22.9 Å². The van der Waals surface area contributed by atoms with Crippen molar-refractivity contribution in [3.63, 3.8) is 0 Å². The first kappa shape index (κ1) is 11.6. The van der Waals surface area contributed by atoms with E-state index in [2.05, 4.69) is 11.4 Å². The minimum Gasteiger partial charge on any atom is -0.307 e. The van der Waals surface area contributed by atoms with Gasteiger partial charge in [-0.25, -0.2) is 0 Å². The topological polar surface area (TPSA) is 12.0 Å². The Morgan fingerprint density at radius 1 is 1.16 bits per heavy atom. The van der Waals surface area contributed by atoms with Gasteiger partial charge >= 0.3 is 0 Å². The minimum absolute atomic E-state index is 0.600. The fourth-order valence-electron chi connectivity index (χ4n) is 5.47. The Kier molecular flexibility index (Phi) is 2.43. The van der Waals surface area contributed by atoms with Gasteiger partial charge in [0.05, 0.1) is 4.34 Å². The van der Waals surface area contributed by atoms with Crippen LogP contribution >= 0.6 is 22.9 Å². The van der Waals surface area contributed by atoms with Gasteiger partial charge in [0.15, 0.2) is 0 Å². The molecule has 5 unspecified atom stereocenters. The second-order valence-corrected chi connectivity index (χ2v) is 8.82. The molecule has 3 heteroatoms. The molecule has 0 aromatic carbocycles. The molecule has 1 aromatic rings. The fraction of sp³-hybridized carbons (Fsp3) is 0.750. The lowest BCUT2D eigenvalue weighted by Gasteiger charge is -2.25. The van der Waals surface area contributed by atoms with Crippen LogP contribution in [0.5, 0.6) is 0 Å². The average Bonchev–Trinajstić information content (AvgIpc) is 2.80. The van der Waals surface area contributed by atoms with Crippen LogP contribution in [0.15, 0.2) is 6.07 Å². The number of hydrogen-bond donors (Lipinski definition) is 1. The van der Waals surface area contributed by atoms with E-state index in [-0.39, 0.29) is 0 Å². The van der Waals surface area contributed by atoms with E-state index >= 15 is 0 Å². The van der Waals surface area contributed by atoms with Gasteiger partial charge in [-0.15, -0.1) is 11.3 Å². The molecule has 3 fully saturated rings. The molecule has 5 atom stereocenters. The second-order valence-electron chi connectivity index (χ2n) is 7.05.